The molecule has 164 valence electrons. The summed E-state index contributed by atoms with van der Waals surface area (Å²) in [7, 11) is 6.29. The van der Waals surface area contributed by atoms with Gasteiger partial charge >= 0.3 is 0 Å². The van der Waals surface area contributed by atoms with Gasteiger partial charge in [0.25, 0.3) is 0 Å². The molecule has 0 bridgehead atoms. The zero-order valence-corrected chi connectivity index (χ0v) is 18.7. The van der Waals surface area contributed by atoms with Crippen LogP contribution in [0.1, 0.15) is 31.9 Å². The van der Waals surface area contributed by atoms with Gasteiger partial charge in [0.15, 0.2) is 11.5 Å². The van der Waals surface area contributed by atoms with Crippen LogP contribution in [0.5, 0.6) is 23.0 Å². The van der Waals surface area contributed by atoms with Crippen LogP contribution in [0.4, 0.5) is 5.69 Å². The van der Waals surface area contributed by atoms with Gasteiger partial charge in [0.1, 0.15) is 5.75 Å². The standard InChI is InChI=1S/C23H32N2O5/c1-7-25(16(2)17-9-8-10-19(13-17)27-3)12-11-22(26)24-18-14-20(28-4)23(30-6)21(15-18)29-5/h8-10,13-16H,7,11-12H2,1-6H3,(H,24,26). The molecule has 0 aliphatic carbocycles. The Balaban J connectivity index is 2.03. The second-order valence-corrected chi connectivity index (χ2v) is 6.79. The number of hydrogen-bond donors (Lipinski definition) is 1. The first kappa shape index (κ1) is 23.3. The molecule has 2 aromatic carbocycles. The van der Waals surface area contributed by atoms with E-state index < -0.39 is 0 Å². The van der Waals surface area contributed by atoms with Gasteiger partial charge in [-0.15, -0.1) is 0 Å². The molecule has 2 rings (SSSR count). The minimum Gasteiger partial charge on any atom is -0.497 e. The van der Waals surface area contributed by atoms with E-state index >= 15 is 0 Å². The van der Waals surface area contributed by atoms with Crippen molar-refractivity contribution in [1.82, 2.24) is 4.90 Å². The van der Waals surface area contributed by atoms with Gasteiger partial charge in [0, 0.05) is 36.8 Å². The number of carbonyl (C=O) groups excluding carboxylic acids is 1. The Bertz CT molecular complexity index is 815. The van der Waals surface area contributed by atoms with Crippen LogP contribution in [-0.2, 0) is 4.79 Å². The Kier molecular flexibility index (Phi) is 8.80. The van der Waals surface area contributed by atoms with E-state index in [9.17, 15) is 4.79 Å². The van der Waals surface area contributed by atoms with E-state index in [-0.39, 0.29) is 11.9 Å². The maximum absolute atomic E-state index is 12.6. The molecule has 0 aliphatic rings. The van der Waals surface area contributed by atoms with E-state index in [1.54, 1.807) is 40.6 Å². The fourth-order valence-electron chi connectivity index (χ4n) is 3.36. The van der Waals surface area contributed by atoms with Crippen molar-refractivity contribution >= 4 is 11.6 Å². The summed E-state index contributed by atoms with van der Waals surface area (Å²) in [5.74, 6) is 2.22. The Morgan fingerprint density at radius 3 is 2.20 bits per heavy atom. The van der Waals surface area contributed by atoms with E-state index in [4.69, 9.17) is 18.9 Å². The third-order valence-electron chi connectivity index (χ3n) is 5.10. The van der Waals surface area contributed by atoms with Gasteiger partial charge in [-0.3, -0.25) is 9.69 Å². The Morgan fingerprint density at radius 1 is 1.00 bits per heavy atom. The van der Waals surface area contributed by atoms with E-state index in [1.807, 2.05) is 18.2 Å². The fourth-order valence-corrected chi connectivity index (χ4v) is 3.36. The predicted molar refractivity (Wildman–Crippen MR) is 118 cm³/mol. The summed E-state index contributed by atoms with van der Waals surface area (Å²) < 4.78 is 21.3. The van der Waals surface area contributed by atoms with Gasteiger partial charge < -0.3 is 24.3 Å². The van der Waals surface area contributed by atoms with Gasteiger partial charge in [-0.2, -0.15) is 0 Å². The summed E-state index contributed by atoms with van der Waals surface area (Å²) in [5.41, 5.74) is 1.75. The molecule has 0 heterocycles. The molecule has 0 fully saturated rings. The number of rotatable bonds is 11. The van der Waals surface area contributed by atoms with Crippen LogP contribution in [0.15, 0.2) is 36.4 Å². The molecule has 30 heavy (non-hydrogen) atoms. The molecule has 0 spiro atoms. The average Bonchev–Trinajstić information content (AvgIpc) is 2.78. The molecule has 1 atom stereocenters. The number of nitrogens with zero attached hydrogens (tertiary/aromatic N) is 1. The van der Waals surface area contributed by atoms with Crippen LogP contribution in [0.25, 0.3) is 0 Å². The Hall–Kier alpha value is -2.93. The van der Waals surface area contributed by atoms with Crippen LogP contribution in [-0.4, -0.2) is 52.3 Å². The van der Waals surface area contributed by atoms with Crippen molar-refractivity contribution in [2.75, 3.05) is 46.8 Å². The van der Waals surface area contributed by atoms with Crippen molar-refractivity contribution in [3.63, 3.8) is 0 Å². The van der Waals surface area contributed by atoms with Crippen molar-refractivity contribution in [3.8, 4) is 23.0 Å². The van der Waals surface area contributed by atoms with Crippen LogP contribution >= 0.6 is 0 Å². The van der Waals surface area contributed by atoms with Crippen molar-refractivity contribution in [3.05, 3.63) is 42.0 Å². The molecule has 1 N–H and O–H groups in total. The van der Waals surface area contributed by atoms with Gasteiger partial charge in [0.05, 0.1) is 28.4 Å². The first-order valence-corrected chi connectivity index (χ1v) is 9.95. The fraction of sp³-hybridized carbons (Fsp3) is 0.435. The van der Waals surface area contributed by atoms with Crippen LogP contribution in [0.2, 0.25) is 0 Å². The lowest BCUT2D eigenvalue weighted by Gasteiger charge is -2.28. The molecule has 2 aromatic rings. The third-order valence-corrected chi connectivity index (χ3v) is 5.10. The molecule has 0 aromatic heterocycles. The smallest absolute Gasteiger partial charge is 0.225 e. The molecule has 7 nitrogen and oxygen atoms in total. The minimum absolute atomic E-state index is 0.0828. The topological polar surface area (TPSA) is 69.3 Å². The summed E-state index contributed by atoms with van der Waals surface area (Å²) in [5, 5.41) is 2.92. The number of anilines is 1. The number of nitrogens with one attached hydrogen (secondary N) is 1. The van der Waals surface area contributed by atoms with Gasteiger partial charge in [0.2, 0.25) is 11.7 Å². The second kappa shape index (κ2) is 11.3. The summed E-state index contributed by atoms with van der Waals surface area (Å²) >= 11 is 0. The Labute approximate surface area is 178 Å². The number of hydrogen-bond acceptors (Lipinski definition) is 6. The Morgan fingerprint density at radius 2 is 1.67 bits per heavy atom. The maximum Gasteiger partial charge on any atom is 0.225 e. The van der Waals surface area contributed by atoms with E-state index in [2.05, 4.69) is 30.1 Å². The summed E-state index contributed by atoms with van der Waals surface area (Å²) in [6.45, 7) is 5.68. The van der Waals surface area contributed by atoms with Crippen molar-refractivity contribution < 1.29 is 23.7 Å². The number of benzene rings is 2. The SMILES string of the molecule is CCN(CCC(=O)Nc1cc(OC)c(OC)c(OC)c1)C(C)c1cccc(OC)c1. The zero-order valence-electron chi connectivity index (χ0n) is 18.7. The van der Waals surface area contributed by atoms with Crippen molar-refractivity contribution in [2.45, 2.75) is 26.3 Å². The number of carbonyl (C=O) groups is 1. The van der Waals surface area contributed by atoms with E-state index in [1.165, 1.54) is 0 Å². The molecule has 0 saturated carbocycles. The highest BCUT2D eigenvalue weighted by Gasteiger charge is 2.18. The van der Waals surface area contributed by atoms with Gasteiger partial charge in [-0.25, -0.2) is 0 Å². The highest BCUT2D eigenvalue weighted by molar-refractivity contribution is 5.91. The summed E-state index contributed by atoms with van der Waals surface area (Å²) in [6.07, 6.45) is 0.360. The molecule has 7 heteroatoms. The molecule has 1 amide bonds. The second-order valence-electron chi connectivity index (χ2n) is 6.79. The molecule has 0 saturated heterocycles. The number of methoxy groups -OCH3 is 4. The van der Waals surface area contributed by atoms with Gasteiger partial charge in [-0.1, -0.05) is 19.1 Å². The maximum atomic E-state index is 12.6. The third kappa shape index (κ3) is 5.79. The van der Waals surface area contributed by atoms with Crippen molar-refractivity contribution in [2.24, 2.45) is 0 Å². The molecular weight excluding hydrogens is 384 g/mol. The van der Waals surface area contributed by atoms with E-state index in [0.29, 0.717) is 35.9 Å². The number of ether oxygens (including phenoxy) is 4. The predicted octanol–water partition coefficient (Wildman–Crippen LogP) is 4.13. The monoisotopic (exact) mass is 416 g/mol. The number of amides is 1. The van der Waals surface area contributed by atoms with Crippen LogP contribution < -0.4 is 24.3 Å². The molecular formula is C23H32N2O5. The normalized spacial score (nSPS) is 11.7. The quantitative estimate of drug-likeness (QED) is 0.594. The van der Waals surface area contributed by atoms with Crippen LogP contribution in [0.3, 0.4) is 0 Å². The molecule has 1 unspecified atom stereocenters. The highest BCUT2D eigenvalue weighted by Crippen LogP contribution is 2.40. The first-order valence-electron chi connectivity index (χ1n) is 9.95. The summed E-state index contributed by atoms with van der Waals surface area (Å²) in [6, 6.07) is 11.6. The molecule has 0 aliphatic heterocycles. The minimum atomic E-state index is -0.0828. The lowest BCUT2D eigenvalue weighted by Crippen LogP contribution is -2.30. The first-order chi connectivity index (χ1) is 14.5. The lowest BCUT2D eigenvalue weighted by atomic mass is 10.1. The van der Waals surface area contributed by atoms with Crippen molar-refractivity contribution in [1.29, 1.82) is 0 Å². The van der Waals surface area contributed by atoms with E-state index in [0.717, 1.165) is 17.9 Å². The summed E-state index contributed by atoms with van der Waals surface area (Å²) in [4.78, 5) is 14.8. The van der Waals surface area contributed by atoms with Gasteiger partial charge in [-0.05, 0) is 31.2 Å². The zero-order chi connectivity index (χ0) is 22.1. The largest absolute Gasteiger partial charge is 0.497 e. The van der Waals surface area contributed by atoms with Crippen LogP contribution in [0, 0.1) is 0 Å². The highest BCUT2D eigenvalue weighted by atomic mass is 16.5. The average molecular weight is 417 g/mol. The lowest BCUT2D eigenvalue weighted by molar-refractivity contribution is -0.116. The molecule has 0 radical (unpaired) electrons.